The third kappa shape index (κ3) is 3.57. The Hall–Kier alpha value is -1.59. The van der Waals surface area contributed by atoms with Gasteiger partial charge in [-0.05, 0) is 31.0 Å². The number of amides is 1. The van der Waals surface area contributed by atoms with Gasteiger partial charge in [0.15, 0.2) is 0 Å². The Kier molecular flexibility index (Phi) is 5.41. The van der Waals surface area contributed by atoms with E-state index < -0.39 is 0 Å². The molecule has 1 saturated heterocycles. The number of anilines is 1. The summed E-state index contributed by atoms with van der Waals surface area (Å²) in [5, 5.41) is 0. The minimum absolute atomic E-state index is 0.0843. The van der Waals surface area contributed by atoms with E-state index in [9.17, 15) is 4.79 Å². The average molecular weight is 332 g/mol. The molecule has 3 rings (SSSR count). The van der Waals surface area contributed by atoms with Crippen molar-refractivity contribution in [1.82, 2.24) is 4.90 Å². The zero-order valence-electron chi connectivity index (χ0n) is 14.9. The van der Waals surface area contributed by atoms with Crippen LogP contribution in [0.3, 0.4) is 0 Å². The topological polar surface area (TPSA) is 42.0 Å². The molecule has 0 radical (unpaired) electrons. The molecule has 2 heterocycles. The fourth-order valence-corrected chi connectivity index (χ4v) is 3.55. The number of rotatable bonds is 6. The van der Waals surface area contributed by atoms with Crippen LogP contribution in [0.4, 0.5) is 5.69 Å². The molecule has 1 aromatic rings. The first-order valence-corrected chi connectivity index (χ1v) is 8.90. The van der Waals surface area contributed by atoms with Crippen LogP contribution in [0.2, 0.25) is 0 Å². The first-order valence-electron chi connectivity index (χ1n) is 8.90. The fourth-order valence-electron chi connectivity index (χ4n) is 3.55. The van der Waals surface area contributed by atoms with Crippen molar-refractivity contribution in [2.24, 2.45) is 5.92 Å². The lowest BCUT2D eigenvalue weighted by Gasteiger charge is -2.31. The van der Waals surface area contributed by atoms with Crippen molar-refractivity contribution >= 4 is 11.6 Å². The van der Waals surface area contributed by atoms with Gasteiger partial charge in [0.2, 0.25) is 5.91 Å². The van der Waals surface area contributed by atoms with Gasteiger partial charge in [-0.15, -0.1) is 0 Å². The van der Waals surface area contributed by atoms with Gasteiger partial charge in [0.1, 0.15) is 11.9 Å². The molecule has 1 fully saturated rings. The Morgan fingerprint density at radius 1 is 1.29 bits per heavy atom. The van der Waals surface area contributed by atoms with E-state index in [4.69, 9.17) is 9.47 Å². The molecule has 0 N–H and O–H groups in total. The van der Waals surface area contributed by atoms with E-state index in [0.29, 0.717) is 19.1 Å². The number of methoxy groups -OCH3 is 1. The molecule has 2 aliphatic rings. The summed E-state index contributed by atoms with van der Waals surface area (Å²) < 4.78 is 11.5. The molecule has 0 spiro atoms. The largest absolute Gasteiger partial charge is 0.487 e. The average Bonchev–Trinajstić information content (AvgIpc) is 2.97. The minimum atomic E-state index is -0.0843. The molecular formula is C19H28N2O3. The quantitative estimate of drug-likeness (QED) is 0.803. The summed E-state index contributed by atoms with van der Waals surface area (Å²) in [5.41, 5.74) is 0.861. The molecule has 2 unspecified atom stereocenters. The first-order chi connectivity index (χ1) is 11.6. The summed E-state index contributed by atoms with van der Waals surface area (Å²) in [6, 6.07) is 7.75. The van der Waals surface area contributed by atoms with Crippen LogP contribution >= 0.6 is 0 Å². The van der Waals surface area contributed by atoms with Gasteiger partial charge >= 0.3 is 0 Å². The van der Waals surface area contributed by atoms with Crippen molar-refractivity contribution < 1.29 is 14.3 Å². The van der Waals surface area contributed by atoms with Gasteiger partial charge in [-0.1, -0.05) is 26.0 Å². The van der Waals surface area contributed by atoms with Crippen LogP contribution in [0.15, 0.2) is 24.3 Å². The zero-order valence-corrected chi connectivity index (χ0v) is 14.9. The van der Waals surface area contributed by atoms with Crippen molar-refractivity contribution in [3.05, 3.63) is 24.3 Å². The molecule has 5 nitrogen and oxygen atoms in total. The number of carbonyl (C=O) groups excluding carboxylic acids is 1. The number of para-hydroxylation sites is 2. The van der Waals surface area contributed by atoms with Crippen molar-refractivity contribution in [2.45, 2.75) is 38.8 Å². The van der Waals surface area contributed by atoms with E-state index >= 15 is 0 Å². The van der Waals surface area contributed by atoms with E-state index in [1.165, 1.54) is 0 Å². The second-order valence-corrected chi connectivity index (χ2v) is 7.12. The molecule has 1 aromatic carbocycles. The van der Waals surface area contributed by atoms with Gasteiger partial charge in [-0.3, -0.25) is 9.69 Å². The summed E-state index contributed by atoms with van der Waals surface area (Å²) in [4.78, 5) is 17.4. The SMILES string of the molecule is COCCN1C(=O)C2CC(CN2CCC(C)C)Oc2ccccc21. The molecule has 0 saturated carbocycles. The Morgan fingerprint density at radius 3 is 2.83 bits per heavy atom. The fraction of sp³-hybridized carbons (Fsp3) is 0.632. The molecule has 2 atom stereocenters. The number of nitrogens with zero attached hydrogens (tertiary/aromatic N) is 2. The van der Waals surface area contributed by atoms with Crippen LogP contribution in [0.1, 0.15) is 26.7 Å². The molecule has 2 aliphatic heterocycles. The van der Waals surface area contributed by atoms with E-state index in [-0.39, 0.29) is 18.1 Å². The third-order valence-corrected chi connectivity index (χ3v) is 4.88. The van der Waals surface area contributed by atoms with Crippen molar-refractivity contribution in [2.75, 3.05) is 38.3 Å². The highest BCUT2D eigenvalue weighted by atomic mass is 16.5. The third-order valence-electron chi connectivity index (χ3n) is 4.88. The second kappa shape index (κ2) is 7.53. The van der Waals surface area contributed by atoms with Crippen LogP contribution < -0.4 is 9.64 Å². The van der Waals surface area contributed by atoms with Crippen molar-refractivity contribution in [3.8, 4) is 5.75 Å². The Morgan fingerprint density at radius 2 is 2.08 bits per heavy atom. The Balaban J connectivity index is 1.87. The molecule has 132 valence electrons. The number of hydrogen-bond acceptors (Lipinski definition) is 4. The monoisotopic (exact) mass is 332 g/mol. The number of benzene rings is 1. The van der Waals surface area contributed by atoms with Gasteiger partial charge in [0, 0.05) is 26.6 Å². The summed E-state index contributed by atoms with van der Waals surface area (Å²) in [7, 11) is 1.66. The van der Waals surface area contributed by atoms with Gasteiger partial charge < -0.3 is 14.4 Å². The smallest absolute Gasteiger partial charge is 0.244 e. The summed E-state index contributed by atoms with van der Waals surface area (Å²) in [5.74, 6) is 1.61. The molecular weight excluding hydrogens is 304 g/mol. The van der Waals surface area contributed by atoms with Gasteiger partial charge in [-0.2, -0.15) is 0 Å². The highest BCUT2D eigenvalue weighted by Gasteiger charge is 2.42. The van der Waals surface area contributed by atoms with Crippen LogP contribution in [0, 0.1) is 5.92 Å². The first kappa shape index (κ1) is 17.2. The molecule has 5 heteroatoms. The molecule has 0 aromatic heterocycles. The lowest BCUT2D eigenvalue weighted by atomic mass is 10.1. The lowest BCUT2D eigenvalue weighted by molar-refractivity contribution is -0.123. The van der Waals surface area contributed by atoms with E-state index in [1.807, 2.05) is 29.2 Å². The predicted molar refractivity (Wildman–Crippen MR) is 94.5 cm³/mol. The molecule has 24 heavy (non-hydrogen) atoms. The Labute approximate surface area is 144 Å². The summed E-state index contributed by atoms with van der Waals surface area (Å²) in [6.07, 6.45) is 1.97. The zero-order chi connectivity index (χ0) is 17.1. The van der Waals surface area contributed by atoms with Crippen LogP contribution in [0.25, 0.3) is 0 Å². The van der Waals surface area contributed by atoms with E-state index in [1.54, 1.807) is 7.11 Å². The minimum Gasteiger partial charge on any atom is -0.487 e. The highest BCUT2D eigenvalue weighted by molar-refractivity contribution is 5.99. The van der Waals surface area contributed by atoms with Crippen molar-refractivity contribution in [1.29, 1.82) is 0 Å². The number of hydrogen-bond donors (Lipinski definition) is 0. The number of carbonyl (C=O) groups is 1. The summed E-state index contributed by atoms with van der Waals surface area (Å²) in [6.45, 7) is 7.29. The molecule has 0 aliphatic carbocycles. The molecule has 1 amide bonds. The van der Waals surface area contributed by atoms with Gasteiger partial charge in [0.05, 0.1) is 18.3 Å². The number of fused-ring (bicyclic) bond motifs is 3. The maximum atomic E-state index is 13.3. The van der Waals surface area contributed by atoms with Gasteiger partial charge in [0.25, 0.3) is 0 Å². The van der Waals surface area contributed by atoms with E-state index in [0.717, 1.165) is 37.4 Å². The lowest BCUT2D eigenvalue weighted by Crippen LogP contribution is -2.47. The predicted octanol–water partition coefficient (Wildman–Crippen LogP) is 2.55. The van der Waals surface area contributed by atoms with Crippen molar-refractivity contribution in [3.63, 3.8) is 0 Å². The normalized spacial score (nSPS) is 23.8. The maximum Gasteiger partial charge on any atom is 0.244 e. The van der Waals surface area contributed by atoms with E-state index in [2.05, 4.69) is 18.7 Å². The number of likely N-dealkylation sites (tertiary alicyclic amines) is 1. The molecule has 2 bridgehead atoms. The standard InChI is InChI=1S/C19H28N2O3/c1-14(2)8-9-20-13-15-12-17(20)19(22)21(10-11-23-3)16-6-4-5-7-18(16)24-15/h4-7,14-15,17H,8-13H2,1-3H3. The second-order valence-electron chi connectivity index (χ2n) is 7.12. The maximum absolute atomic E-state index is 13.3. The van der Waals surface area contributed by atoms with Gasteiger partial charge in [-0.25, -0.2) is 0 Å². The van der Waals surface area contributed by atoms with Crippen LogP contribution in [-0.4, -0.2) is 56.3 Å². The van der Waals surface area contributed by atoms with Crippen LogP contribution in [-0.2, 0) is 9.53 Å². The highest BCUT2D eigenvalue weighted by Crippen LogP contribution is 2.36. The summed E-state index contributed by atoms with van der Waals surface area (Å²) >= 11 is 0. The van der Waals surface area contributed by atoms with Crippen LogP contribution in [0.5, 0.6) is 5.75 Å². The Bertz CT molecular complexity index is 575. The number of ether oxygens (including phenoxy) is 2.